The van der Waals surface area contributed by atoms with Crippen LogP contribution in [0.5, 0.6) is 5.75 Å². The fourth-order valence-corrected chi connectivity index (χ4v) is 5.35. The Hall–Kier alpha value is -4.19. The fraction of sp³-hybridized carbons (Fsp3) is 0.172. The Morgan fingerprint density at radius 1 is 0.973 bits per heavy atom. The molecule has 3 N–H and O–H groups in total. The van der Waals surface area contributed by atoms with Crippen LogP contribution in [0.4, 0.5) is 5.69 Å². The van der Waals surface area contributed by atoms with E-state index in [2.05, 4.69) is 10.8 Å². The van der Waals surface area contributed by atoms with Crippen LogP contribution in [0.3, 0.4) is 0 Å². The molecule has 0 aliphatic heterocycles. The van der Waals surface area contributed by atoms with Gasteiger partial charge in [-0.25, -0.2) is 4.21 Å². The first-order chi connectivity index (χ1) is 18.0. The highest BCUT2D eigenvalue weighted by Gasteiger charge is 2.19. The van der Waals surface area contributed by atoms with Gasteiger partial charge in [-0.2, -0.15) is 5.26 Å². The molecule has 4 rings (SSSR count). The molecule has 0 fully saturated rings. The molecule has 0 radical (unpaired) electrons. The van der Waals surface area contributed by atoms with Crippen molar-refractivity contribution in [3.05, 3.63) is 90.0 Å². The number of nitriles is 1. The number of carbonyl (C=O) groups excluding carboxylic acids is 1. The van der Waals surface area contributed by atoms with E-state index in [1.54, 1.807) is 25.3 Å². The van der Waals surface area contributed by atoms with Crippen LogP contribution >= 0.6 is 0 Å². The Labute approximate surface area is 218 Å². The molecular formula is C29H27N3O4S. The lowest BCUT2D eigenvalue weighted by atomic mass is 9.91. The smallest absolute Gasteiger partial charge is 0.322 e. The minimum atomic E-state index is -1.61. The van der Waals surface area contributed by atoms with Crippen molar-refractivity contribution < 1.29 is 18.5 Å². The van der Waals surface area contributed by atoms with Gasteiger partial charge in [0.05, 0.1) is 37.3 Å². The van der Waals surface area contributed by atoms with E-state index >= 15 is 0 Å². The van der Waals surface area contributed by atoms with Crippen molar-refractivity contribution in [3.8, 4) is 22.9 Å². The molecule has 0 aromatic heterocycles. The standard InChI is InChI=1S/C29H27N3O4S/c1-35-21-11-14-28(20(17-21)15-16-30)37(34)32-27-13-12-24(23-9-5-6-10-25(23)27)22-8-4-3-7-19(22)18-26(31)29(33)36-2/h3-14,17,26,32H,15,18,31H2,1-2H3. The Morgan fingerprint density at radius 3 is 2.43 bits per heavy atom. The largest absolute Gasteiger partial charge is 0.497 e. The summed E-state index contributed by atoms with van der Waals surface area (Å²) < 4.78 is 26.6. The molecule has 0 heterocycles. The van der Waals surface area contributed by atoms with Crippen LogP contribution in [-0.2, 0) is 33.4 Å². The van der Waals surface area contributed by atoms with Crippen molar-refractivity contribution in [3.63, 3.8) is 0 Å². The lowest BCUT2D eigenvalue weighted by molar-refractivity contribution is -0.142. The van der Waals surface area contributed by atoms with Crippen molar-refractivity contribution in [1.29, 1.82) is 5.26 Å². The van der Waals surface area contributed by atoms with Crippen LogP contribution in [0.1, 0.15) is 11.1 Å². The molecule has 37 heavy (non-hydrogen) atoms. The van der Waals surface area contributed by atoms with E-state index in [-0.39, 0.29) is 6.42 Å². The third-order valence-corrected chi connectivity index (χ3v) is 7.32. The molecule has 0 amide bonds. The summed E-state index contributed by atoms with van der Waals surface area (Å²) in [5, 5.41) is 11.1. The maximum absolute atomic E-state index is 13.4. The molecule has 7 nitrogen and oxygen atoms in total. The summed E-state index contributed by atoms with van der Waals surface area (Å²) in [5.41, 5.74) is 10.2. The average Bonchev–Trinajstić information content (AvgIpc) is 2.93. The zero-order valence-corrected chi connectivity index (χ0v) is 21.4. The van der Waals surface area contributed by atoms with Gasteiger partial charge in [-0.1, -0.05) is 54.6 Å². The lowest BCUT2D eigenvalue weighted by Gasteiger charge is -2.17. The van der Waals surface area contributed by atoms with Gasteiger partial charge in [-0.05, 0) is 58.3 Å². The van der Waals surface area contributed by atoms with Crippen molar-refractivity contribution >= 4 is 33.4 Å². The van der Waals surface area contributed by atoms with E-state index < -0.39 is 23.0 Å². The topological polar surface area (TPSA) is 114 Å². The number of hydrogen-bond acceptors (Lipinski definition) is 6. The molecule has 0 saturated carbocycles. The van der Waals surface area contributed by atoms with E-state index in [9.17, 15) is 14.3 Å². The first kappa shape index (κ1) is 25.9. The van der Waals surface area contributed by atoms with Crippen molar-refractivity contribution in [2.75, 3.05) is 18.9 Å². The van der Waals surface area contributed by atoms with E-state index in [0.29, 0.717) is 28.3 Å². The predicted octanol–water partition coefficient (Wildman–Crippen LogP) is 4.76. The van der Waals surface area contributed by atoms with Crippen LogP contribution in [0, 0.1) is 11.3 Å². The third-order valence-electron chi connectivity index (χ3n) is 6.11. The molecule has 0 aliphatic carbocycles. The fourth-order valence-electron chi connectivity index (χ4n) is 4.30. The monoisotopic (exact) mass is 513 g/mol. The number of fused-ring (bicyclic) bond motifs is 1. The molecule has 0 saturated heterocycles. The molecule has 4 aromatic rings. The Kier molecular flexibility index (Phi) is 8.18. The number of methoxy groups -OCH3 is 2. The number of esters is 1. The minimum Gasteiger partial charge on any atom is -0.497 e. The molecule has 0 aliphatic rings. The number of anilines is 1. The summed E-state index contributed by atoms with van der Waals surface area (Å²) in [6.45, 7) is 0. The number of ether oxygens (including phenoxy) is 2. The number of hydrogen-bond donors (Lipinski definition) is 2. The number of rotatable bonds is 9. The van der Waals surface area contributed by atoms with Crippen molar-refractivity contribution in [2.24, 2.45) is 5.73 Å². The van der Waals surface area contributed by atoms with Gasteiger partial charge < -0.3 is 19.9 Å². The van der Waals surface area contributed by atoms with Crippen LogP contribution in [0.2, 0.25) is 0 Å². The van der Waals surface area contributed by atoms with Crippen LogP contribution in [0.15, 0.2) is 83.8 Å². The summed E-state index contributed by atoms with van der Waals surface area (Å²) in [4.78, 5) is 12.5. The zero-order chi connectivity index (χ0) is 26.4. The second-order valence-corrected chi connectivity index (χ2v) is 9.56. The van der Waals surface area contributed by atoms with Gasteiger partial charge >= 0.3 is 5.97 Å². The van der Waals surface area contributed by atoms with E-state index in [1.807, 2.05) is 60.7 Å². The molecule has 4 aromatic carbocycles. The second-order valence-electron chi connectivity index (χ2n) is 8.38. The molecule has 188 valence electrons. The summed E-state index contributed by atoms with van der Waals surface area (Å²) in [6.07, 6.45) is 0.449. The highest BCUT2D eigenvalue weighted by molar-refractivity contribution is 7.86. The van der Waals surface area contributed by atoms with E-state index in [0.717, 1.165) is 27.5 Å². The lowest BCUT2D eigenvalue weighted by Crippen LogP contribution is -2.33. The SMILES string of the molecule is COC(=O)C(N)Cc1ccccc1-c1ccc(NS(=O)c2ccc(OC)cc2CC#N)c2ccccc12. The molecule has 2 atom stereocenters. The quantitative estimate of drug-likeness (QED) is 0.312. The first-order valence-electron chi connectivity index (χ1n) is 11.6. The normalized spacial score (nSPS) is 12.4. The number of nitrogens with two attached hydrogens (primary N) is 1. The summed E-state index contributed by atoms with van der Waals surface area (Å²) in [6, 6.07) is 26.0. The number of benzene rings is 4. The molecule has 0 bridgehead atoms. The number of nitrogens with one attached hydrogen (secondary N) is 1. The highest BCUT2D eigenvalue weighted by Crippen LogP contribution is 2.36. The highest BCUT2D eigenvalue weighted by atomic mass is 32.2. The van der Waals surface area contributed by atoms with Gasteiger partial charge in [0.25, 0.3) is 0 Å². The van der Waals surface area contributed by atoms with Crippen LogP contribution in [0.25, 0.3) is 21.9 Å². The Morgan fingerprint density at radius 2 is 1.70 bits per heavy atom. The maximum atomic E-state index is 13.4. The summed E-state index contributed by atoms with van der Waals surface area (Å²) in [7, 11) is 1.27. The van der Waals surface area contributed by atoms with Crippen molar-refractivity contribution in [2.45, 2.75) is 23.8 Å². The first-order valence-corrected chi connectivity index (χ1v) is 12.8. The molecule has 8 heteroatoms. The average molecular weight is 514 g/mol. The van der Waals surface area contributed by atoms with Gasteiger partial charge in [0, 0.05) is 5.39 Å². The molecule has 2 unspecified atom stereocenters. The van der Waals surface area contributed by atoms with Crippen LogP contribution < -0.4 is 15.2 Å². The third kappa shape index (κ3) is 5.64. The maximum Gasteiger partial charge on any atom is 0.322 e. The molecule has 0 spiro atoms. The van der Waals surface area contributed by atoms with Crippen LogP contribution in [-0.4, -0.2) is 30.4 Å². The van der Waals surface area contributed by atoms with Gasteiger partial charge in [0.1, 0.15) is 11.8 Å². The molecular weight excluding hydrogens is 486 g/mol. The number of carbonyl (C=O) groups is 1. The van der Waals surface area contributed by atoms with Gasteiger partial charge in [-0.3, -0.25) is 4.79 Å². The predicted molar refractivity (Wildman–Crippen MR) is 145 cm³/mol. The van der Waals surface area contributed by atoms with E-state index in [1.165, 1.54) is 7.11 Å². The zero-order valence-electron chi connectivity index (χ0n) is 20.6. The summed E-state index contributed by atoms with van der Waals surface area (Å²) >= 11 is 0. The van der Waals surface area contributed by atoms with E-state index in [4.69, 9.17) is 15.2 Å². The summed E-state index contributed by atoms with van der Waals surface area (Å²) in [5.74, 6) is 0.141. The minimum absolute atomic E-state index is 0.115. The second kappa shape index (κ2) is 11.7. The van der Waals surface area contributed by atoms with Gasteiger partial charge in [0.2, 0.25) is 0 Å². The van der Waals surface area contributed by atoms with Crippen molar-refractivity contribution in [1.82, 2.24) is 0 Å². The van der Waals surface area contributed by atoms with Gasteiger partial charge in [0.15, 0.2) is 11.0 Å². The Balaban J connectivity index is 1.73. The van der Waals surface area contributed by atoms with Gasteiger partial charge in [-0.15, -0.1) is 0 Å². The number of nitrogens with zero attached hydrogens (tertiary/aromatic N) is 1. The Bertz CT molecular complexity index is 1510.